The van der Waals surface area contributed by atoms with Crippen molar-refractivity contribution in [3.63, 3.8) is 0 Å². The minimum Gasteiger partial charge on any atom is -0.377 e. The molecule has 0 amide bonds. The lowest BCUT2D eigenvalue weighted by Gasteiger charge is -2.44. The fourth-order valence-corrected chi connectivity index (χ4v) is 3.51. The van der Waals surface area contributed by atoms with Gasteiger partial charge in [-0.2, -0.15) is 0 Å². The van der Waals surface area contributed by atoms with Crippen LogP contribution in [0.15, 0.2) is 18.2 Å². The third-order valence-electron chi connectivity index (χ3n) is 5.37. The summed E-state index contributed by atoms with van der Waals surface area (Å²) in [4.78, 5) is 0. The molecule has 1 fully saturated rings. The molecule has 1 aromatic rings. The second kappa shape index (κ2) is 6.91. The van der Waals surface area contributed by atoms with Gasteiger partial charge in [0, 0.05) is 7.11 Å². The topological polar surface area (TPSA) is 47.3 Å². The molecule has 0 heterocycles. The van der Waals surface area contributed by atoms with Crippen LogP contribution in [-0.4, -0.2) is 18.8 Å². The number of methoxy groups -OCH3 is 1. The van der Waals surface area contributed by atoms with E-state index in [4.69, 9.17) is 10.6 Å². The lowest BCUT2D eigenvalue weighted by molar-refractivity contribution is -0.0746. The van der Waals surface area contributed by atoms with E-state index < -0.39 is 0 Å². The number of hydrazine groups is 1. The van der Waals surface area contributed by atoms with Crippen molar-refractivity contribution in [2.45, 2.75) is 64.5 Å². The van der Waals surface area contributed by atoms with Crippen LogP contribution in [0.5, 0.6) is 0 Å². The maximum absolute atomic E-state index is 5.96. The first-order valence-electron chi connectivity index (χ1n) is 8.08. The number of hydrogen-bond acceptors (Lipinski definition) is 3. The molecule has 0 radical (unpaired) electrons. The summed E-state index contributed by atoms with van der Waals surface area (Å²) in [7, 11) is 1.83. The number of rotatable bonds is 5. The zero-order valence-corrected chi connectivity index (χ0v) is 13.9. The lowest BCUT2D eigenvalue weighted by Crippen LogP contribution is -2.57. The molecule has 0 spiro atoms. The zero-order chi connectivity index (χ0) is 15.5. The monoisotopic (exact) mass is 290 g/mol. The summed E-state index contributed by atoms with van der Waals surface area (Å²) >= 11 is 0. The highest BCUT2D eigenvalue weighted by atomic mass is 16.5. The molecular weight excluding hydrogens is 260 g/mol. The molecule has 0 aromatic heterocycles. The largest absolute Gasteiger partial charge is 0.377 e. The van der Waals surface area contributed by atoms with E-state index in [1.54, 1.807) is 0 Å². The van der Waals surface area contributed by atoms with Crippen LogP contribution in [0.1, 0.15) is 49.3 Å². The predicted octanol–water partition coefficient (Wildman–Crippen LogP) is 3.27. The van der Waals surface area contributed by atoms with Crippen molar-refractivity contribution >= 4 is 0 Å². The Hall–Kier alpha value is -0.900. The van der Waals surface area contributed by atoms with Gasteiger partial charge in [-0.1, -0.05) is 25.1 Å². The molecule has 2 rings (SSSR count). The summed E-state index contributed by atoms with van der Waals surface area (Å²) in [5.41, 5.74) is 6.92. The molecule has 1 aliphatic rings. The van der Waals surface area contributed by atoms with Crippen molar-refractivity contribution in [1.82, 2.24) is 5.43 Å². The molecule has 0 bridgehead atoms. The van der Waals surface area contributed by atoms with Gasteiger partial charge in [0.15, 0.2) is 0 Å². The van der Waals surface area contributed by atoms with Gasteiger partial charge < -0.3 is 4.74 Å². The maximum atomic E-state index is 5.96. The molecule has 1 aliphatic carbocycles. The minimum atomic E-state index is -0.125. The van der Waals surface area contributed by atoms with Crippen molar-refractivity contribution in [3.8, 4) is 0 Å². The molecule has 0 saturated heterocycles. The Labute approximate surface area is 129 Å². The molecule has 1 aromatic carbocycles. The van der Waals surface area contributed by atoms with Crippen LogP contribution in [0.3, 0.4) is 0 Å². The van der Waals surface area contributed by atoms with Crippen LogP contribution in [0, 0.1) is 19.8 Å². The first kappa shape index (κ1) is 16.5. The van der Waals surface area contributed by atoms with Gasteiger partial charge in [0.05, 0.1) is 11.6 Å². The first-order valence-corrected chi connectivity index (χ1v) is 8.08. The lowest BCUT2D eigenvalue weighted by atomic mass is 9.74. The Bertz CT molecular complexity index is 464. The van der Waals surface area contributed by atoms with Crippen LogP contribution >= 0.6 is 0 Å². The van der Waals surface area contributed by atoms with Crippen molar-refractivity contribution < 1.29 is 4.74 Å². The second-order valence-electron chi connectivity index (χ2n) is 6.79. The minimum absolute atomic E-state index is 0.125. The van der Waals surface area contributed by atoms with Gasteiger partial charge >= 0.3 is 0 Å². The maximum Gasteiger partial charge on any atom is 0.0847 e. The quantitative estimate of drug-likeness (QED) is 0.646. The van der Waals surface area contributed by atoms with Gasteiger partial charge in [0.1, 0.15) is 0 Å². The summed E-state index contributed by atoms with van der Waals surface area (Å²) in [6.45, 7) is 6.64. The standard InChI is InChI=1S/C18H30N2O/c1-13-7-9-18(21-4,10-8-13)17(20-19)12-16-6-5-14(2)15(3)11-16/h5-6,11,13,17,20H,7-10,12,19H2,1-4H3. The van der Waals surface area contributed by atoms with Crippen molar-refractivity contribution in [1.29, 1.82) is 0 Å². The number of aryl methyl sites for hydroxylation is 2. The summed E-state index contributed by atoms with van der Waals surface area (Å²) in [5.74, 6) is 6.68. The van der Waals surface area contributed by atoms with E-state index >= 15 is 0 Å². The highest BCUT2D eigenvalue weighted by molar-refractivity contribution is 5.30. The Balaban J connectivity index is 2.15. The van der Waals surface area contributed by atoms with Gasteiger partial charge in [-0.3, -0.25) is 11.3 Å². The number of nitrogens with one attached hydrogen (secondary N) is 1. The van der Waals surface area contributed by atoms with E-state index in [0.717, 1.165) is 25.2 Å². The van der Waals surface area contributed by atoms with Crippen molar-refractivity contribution in [2.24, 2.45) is 11.8 Å². The van der Waals surface area contributed by atoms with E-state index in [1.807, 2.05) is 7.11 Å². The molecule has 3 nitrogen and oxygen atoms in total. The van der Waals surface area contributed by atoms with Gasteiger partial charge in [-0.15, -0.1) is 0 Å². The molecule has 3 heteroatoms. The summed E-state index contributed by atoms with van der Waals surface area (Å²) in [6, 6.07) is 6.84. The molecule has 118 valence electrons. The first-order chi connectivity index (χ1) is 10.0. The van der Waals surface area contributed by atoms with Crippen LogP contribution in [0.25, 0.3) is 0 Å². The summed E-state index contributed by atoms with van der Waals surface area (Å²) in [6.07, 6.45) is 5.53. The van der Waals surface area contributed by atoms with Gasteiger partial charge in [-0.25, -0.2) is 0 Å². The molecule has 1 atom stereocenters. The Morgan fingerprint density at radius 3 is 2.48 bits per heavy atom. The molecule has 1 saturated carbocycles. The fourth-order valence-electron chi connectivity index (χ4n) is 3.51. The SMILES string of the molecule is COC1(C(Cc2ccc(C)c(C)c2)NN)CCC(C)CC1. The number of benzene rings is 1. The van der Waals surface area contributed by atoms with E-state index in [-0.39, 0.29) is 11.6 Å². The van der Waals surface area contributed by atoms with Crippen LogP contribution in [0.4, 0.5) is 0 Å². The van der Waals surface area contributed by atoms with E-state index in [0.29, 0.717) is 0 Å². The van der Waals surface area contributed by atoms with E-state index in [2.05, 4.69) is 44.4 Å². The highest BCUT2D eigenvalue weighted by Gasteiger charge is 2.41. The molecule has 3 N–H and O–H groups in total. The zero-order valence-electron chi connectivity index (χ0n) is 13.9. The predicted molar refractivity (Wildman–Crippen MR) is 88.1 cm³/mol. The van der Waals surface area contributed by atoms with E-state index in [9.17, 15) is 0 Å². The number of ether oxygens (including phenoxy) is 1. The normalized spacial score (nSPS) is 27.6. The highest BCUT2D eigenvalue weighted by Crippen LogP contribution is 2.37. The van der Waals surface area contributed by atoms with Crippen molar-refractivity contribution in [2.75, 3.05) is 7.11 Å². The van der Waals surface area contributed by atoms with Gasteiger partial charge in [-0.05, 0) is 68.6 Å². The van der Waals surface area contributed by atoms with Crippen LogP contribution in [-0.2, 0) is 11.2 Å². The average Bonchev–Trinajstić information content (AvgIpc) is 2.50. The number of nitrogens with two attached hydrogens (primary N) is 1. The second-order valence-corrected chi connectivity index (χ2v) is 6.79. The van der Waals surface area contributed by atoms with Crippen LogP contribution in [0.2, 0.25) is 0 Å². The van der Waals surface area contributed by atoms with Crippen LogP contribution < -0.4 is 11.3 Å². The molecular formula is C18H30N2O. The molecule has 21 heavy (non-hydrogen) atoms. The molecule has 1 unspecified atom stereocenters. The molecule has 0 aliphatic heterocycles. The third-order valence-corrected chi connectivity index (χ3v) is 5.37. The number of hydrogen-bond donors (Lipinski definition) is 2. The summed E-state index contributed by atoms with van der Waals surface area (Å²) < 4.78 is 5.96. The third kappa shape index (κ3) is 3.65. The fraction of sp³-hybridized carbons (Fsp3) is 0.667. The Morgan fingerprint density at radius 1 is 1.29 bits per heavy atom. The van der Waals surface area contributed by atoms with Gasteiger partial charge in [0.2, 0.25) is 0 Å². The van der Waals surface area contributed by atoms with Gasteiger partial charge in [0.25, 0.3) is 0 Å². The smallest absolute Gasteiger partial charge is 0.0847 e. The Morgan fingerprint density at radius 2 is 1.95 bits per heavy atom. The Kier molecular flexibility index (Phi) is 5.42. The van der Waals surface area contributed by atoms with E-state index in [1.165, 1.54) is 29.5 Å². The summed E-state index contributed by atoms with van der Waals surface area (Å²) in [5, 5.41) is 0. The van der Waals surface area contributed by atoms with Crippen molar-refractivity contribution in [3.05, 3.63) is 34.9 Å². The average molecular weight is 290 g/mol.